The first-order valence-corrected chi connectivity index (χ1v) is 7.65. The van der Waals surface area contributed by atoms with Gasteiger partial charge >= 0.3 is 5.97 Å². The van der Waals surface area contributed by atoms with Gasteiger partial charge in [0.05, 0.1) is 12.3 Å². The number of ether oxygens (including phenoxy) is 1. The van der Waals surface area contributed by atoms with E-state index in [0.717, 1.165) is 16.4 Å². The number of carbonyl (C=O) groups excluding carboxylic acids is 1. The van der Waals surface area contributed by atoms with Crippen molar-refractivity contribution in [2.45, 2.75) is 26.8 Å². The molecule has 0 aliphatic heterocycles. The highest BCUT2D eigenvalue weighted by atomic mass is 32.2. The third-order valence-electron chi connectivity index (χ3n) is 2.14. The maximum atomic E-state index is 11.8. The molecule has 0 aliphatic carbocycles. The number of thioether (sulfide) groups is 1. The fraction of sp³-hybridized carbons (Fsp3) is 0.636. The van der Waals surface area contributed by atoms with Crippen molar-refractivity contribution >= 4 is 34.3 Å². The van der Waals surface area contributed by atoms with Gasteiger partial charge in [0.2, 0.25) is 0 Å². The first-order chi connectivity index (χ1) is 8.10. The van der Waals surface area contributed by atoms with E-state index in [9.17, 15) is 4.79 Å². The lowest BCUT2D eigenvalue weighted by atomic mass is 10.2. The van der Waals surface area contributed by atoms with E-state index in [1.54, 1.807) is 18.7 Å². The Labute approximate surface area is 110 Å². The number of hydrogen-bond donors (Lipinski definition) is 1. The lowest BCUT2D eigenvalue weighted by molar-refractivity contribution is 0.0527. The summed E-state index contributed by atoms with van der Waals surface area (Å²) in [5.41, 5.74) is 1.30. The molecule has 1 rings (SSSR count). The van der Waals surface area contributed by atoms with Gasteiger partial charge in [-0.25, -0.2) is 4.79 Å². The van der Waals surface area contributed by atoms with Crippen LogP contribution in [-0.4, -0.2) is 35.0 Å². The number of rotatable bonds is 6. The van der Waals surface area contributed by atoms with Crippen molar-refractivity contribution in [2.24, 2.45) is 0 Å². The Morgan fingerprint density at radius 3 is 2.94 bits per heavy atom. The molecule has 0 amide bonds. The van der Waals surface area contributed by atoms with Gasteiger partial charge in [0.25, 0.3) is 0 Å². The first-order valence-electron chi connectivity index (χ1n) is 5.49. The molecule has 4 nitrogen and oxygen atoms in total. The smallest absolute Gasteiger partial charge is 0.343 e. The molecular formula is C11H18N2O2S2. The van der Waals surface area contributed by atoms with Crippen molar-refractivity contribution in [3.8, 4) is 0 Å². The minimum Gasteiger partial charge on any atom is -0.462 e. The summed E-state index contributed by atoms with van der Waals surface area (Å²) in [7, 11) is 0. The van der Waals surface area contributed by atoms with Crippen LogP contribution < -0.4 is 5.32 Å². The summed E-state index contributed by atoms with van der Waals surface area (Å²) in [5.74, 6) is 0.691. The van der Waals surface area contributed by atoms with E-state index in [2.05, 4.69) is 22.9 Å². The van der Waals surface area contributed by atoms with Crippen LogP contribution in [0.4, 0.5) is 5.00 Å². The Bertz CT molecular complexity index is 380. The van der Waals surface area contributed by atoms with Crippen molar-refractivity contribution in [2.75, 3.05) is 23.9 Å². The summed E-state index contributed by atoms with van der Waals surface area (Å²) in [4.78, 5) is 11.8. The highest BCUT2D eigenvalue weighted by molar-refractivity contribution is 7.98. The van der Waals surface area contributed by atoms with E-state index in [1.807, 2.05) is 6.92 Å². The van der Waals surface area contributed by atoms with Crippen LogP contribution in [0.25, 0.3) is 0 Å². The van der Waals surface area contributed by atoms with Gasteiger partial charge in [-0.2, -0.15) is 16.1 Å². The van der Waals surface area contributed by atoms with Gasteiger partial charge in [-0.05, 0) is 38.6 Å². The molecule has 96 valence electrons. The molecule has 1 aromatic rings. The SMILES string of the molecule is CCOC(=O)c1c(C)nsc1NC(C)CSC. The summed E-state index contributed by atoms with van der Waals surface area (Å²) in [5, 5.41) is 4.11. The molecule has 1 N–H and O–H groups in total. The summed E-state index contributed by atoms with van der Waals surface area (Å²) < 4.78 is 9.24. The Morgan fingerprint density at radius 2 is 2.35 bits per heavy atom. The summed E-state index contributed by atoms with van der Waals surface area (Å²) in [6.45, 7) is 6.10. The second-order valence-corrected chi connectivity index (χ2v) is 5.38. The average Bonchev–Trinajstić information content (AvgIpc) is 2.60. The first kappa shape index (κ1) is 14.3. The van der Waals surface area contributed by atoms with E-state index in [0.29, 0.717) is 18.2 Å². The maximum Gasteiger partial charge on any atom is 0.343 e. The quantitative estimate of drug-likeness (QED) is 0.808. The molecule has 1 atom stereocenters. The van der Waals surface area contributed by atoms with Crippen molar-refractivity contribution in [3.05, 3.63) is 11.3 Å². The third kappa shape index (κ3) is 3.89. The Balaban J connectivity index is 2.82. The standard InChI is InChI=1S/C11H18N2O2S2/c1-5-15-11(14)9-8(3)13-17-10(9)12-7(2)6-16-4/h7,12H,5-6H2,1-4H3. The third-order valence-corrected chi connectivity index (χ3v) is 3.84. The Hall–Kier alpha value is -0.750. The molecule has 0 aromatic carbocycles. The van der Waals surface area contributed by atoms with Crippen molar-refractivity contribution in [1.29, 1.82) is 0 Å². The van der Waals surface area contributed by atoms with E-state index in [-0.39, 0.29) is 5.97 Å². The molecule has 0 aliphatic rings. The molecule has 0 saturated heterocycles. The second kappa shape index (κ2) is 6.86. The van der Waals surface area contributed by atoms with Crippen LogP contribution in [0.1, 0.15) is 29.9 Å². The topological polar surface area (TPSA) is 51.2 Å². The molecule has 6 heteroatoms. The number of anilines is 1. The van der Waals surface area contributed by atoms with Gasteiger partial charge in [-0.1, -0.05) is 0 Å². The maximum absolute atomic E-state index is 11.8. The Kier molecular flexibility index (Phi) is 5.77. The zero-order valence-electron chi connectivity index (χ0n) is 10.6. The minimum atomic E-state index is -0.294. The number of nitrogens with one attached hydrogen (secondary N) is 1. The Morgan fingerprint density at radius 1 is 1.65 bits per heavy atom. The number of hydrogen-bond acceptors (Lipinski definition) is 6. The molecule has 0 bridgehead atoms. The number of aryl methyl sites for hydroxylation is 1. The minimum absolute atomic E-state index is 0.294. The summed E-state index contributed by atoms with van der Waals surface area (Å²) >= 11 is 3.08. The number of esters is 1. The predicted octanol–water partition coefficient (Wildman–Crippen LogP) is 2.79. The van der Waals surface area contributed by atoms with Gasteiger partial charge in [-0.3, -0.25) is 0 Å². The lowest BCUT2D eigenvalue weighted by Gasteiger charge is -2.13. The highest BCUT2D eigenvalue weighted by Gasteiger charge is 2.20. The highest BCUT2D eigenvalue weighted by Crippen LogP contribution is 2.26. The molecule has 1 aromatic heterocycles. The van der Waals surface area contributed by atoms with Gasteiger partial charge in [0.15, 0.2) is 0 Å². The average molecular weight is 274 g/mol. The number of carbonyl (C=O) groups is 1. The molecule has 1 unspecified atom stereocenters. The van der Waals surface area contributed by atoms with Crippen molar-refractivity contribution < 1.29 is 9.53 Å². The van der Waals surface area contributed by atoms with Crippen LogP contribution in [0.5, 0.6) is 0 Å². The van der Waals surface area contributed by atoms with Crippen LogP contribution in [-0.2, 0) is 4.74 Å². The molecule has 0 radical (unpaired) electrons. The molecule has 0 spiro atoms. The molecular weight excluding hydrogens is 256 g/mol. The molecule has 17 heavy (non-hydrogen) atoms. The van der Waals surface area contributed by atoms with Crippen LogP contribution in [0, 0.1) is 6.92 Å². The predicted molar refractivity (Wildman–Crippen MR) is 74.3 cm³/mol. The normalized spacial score (nSPS) is 12.2. The van der Waals surface area contributed by atoms with Gasteiger partial charge < -0.3 is 10.1 Å². The largest absolute Gasteiger partial charge is 0.462 e. The van der Waals surface area contributed by atoms with E-state index >= 15 is 0 Å². The lowest BCUT2D eigenvalue weighted by Crippen LogP contribution is -2.19. The molecule has 1 heterocycles. The van der Waals surface area contributed by atoms with E-state index in [4.69, 9.17) is 4.74 Å². The number of aromatic nitrogens is 1. The number of nitrogens with zero attached hydrogens (tertiary/aromatic N) is 1. The fourth-order valence-corrected chi connectivity index (χ4v) is 2.91. The zero-order chi connectivity index (χ0) is 12.8. The van der Waals surface area contributed by atoms with E-state index < -0.39 is 0 Å². The van der Waals surface area contributed by atoms with E-state index in [1.165, 1.54) is 11.5 Å². The molecule has 0 saturated carbocycles. The van der Waals surface area contributed by atoms with Crippen LogP contribution in [0.2, 0.25) is 0 Å². The summed E-state index contributed by atoms with van der Waals surface area (Å²) in [6, 6.07) is 0.304. The van der Waals surface area contributed by atoms with Crippen molar-refractivity contribution in [1.82, 2.24) is 4.37 Å². The zero-order valence-corrected chi connectivity index (χ0v) is 12.2. The molecule has 0 fully saturated rings. The van der Waals surface area contributed by atoms with Crippen LogP contribution in [0.15, 0.2) is 0 Å². The second-order valence-electron chi connectivity index (χ2n) is 3.69. The van der Waals surface area contributed by atoms with Crippen LogP contribution in [0.3, 0.4) is 0 Å². The van der Waals surface area contributed by atoms with Gasteiger partial charge in [-0.15, -0.1) is 0 Å². The van der Waals surface area contributed by atoms with Gasteiger partial charge in [0, 0.05) is 11.8 Å². The van der Waals surface area contributed by atoms with Crippen molar-refractivity contribution in [3.63, 3.8) is 0 Å². The van der Waals surface area contributed by atoms with Gasteiger partial charge in [0.1, 0.15) is 10.6 Å². The fourth-order valence-electron chi connectivity index (χ4n) is 1.43. The summed E-state index contributed by atoms with van der Waals surface area (Å²) in [6.07, 6.45) is 2.06. The monoisotopic (exact) mass is 274 g/mol. The van der Waals surface area contributed by atoms with Crippen LogP contribution >= 0.6 is 23.3 Å².